The number of aromatic nitrogens is 2. The molecule has 140 valence electrons. The Kier molecular flexibility index (Phi) is 4.70. The monoisotopic (exact) mass is 391 g/mol. The van der Waals surface area contributed by atoms with Crippen molar-refractivity contribution >= 4 is 11.6 Å². The third kappa shape index (κ3) is 3.47. The van der Waals surface area contributed by atoms with Gasteiger partial charge in [0.1, 0.15) is 0 Å². The quantitative estimate of drug-likeness (QED) is 0.673. The predicted octanol–water partition coefficient (Wildman–Crippen LogP) is 4.90. The van der Waals surface area contributed by atoms with Crippen molar-refractivity contribution in [1.29, 1.82) is 0 Å². The van der Waals surface area contributed by atoms with E-state index in [0.29, 0.717) is 16.3 Å². The standard InChI is InChI=1S/C20H17ClF3N3/c21-17-5-4-13-6-9-25-10-7-16(13)19(17)27-18(8-11-26-27)14-2-1-3-15(12-14)20(22,23)24/h1-5,8,11-12,25H,6-7,9-10H2. The lowest BCUT2D eigenvalue weighted by Gasteiger charge is -2.17. The van der Waals surface area contributed by atoms with Gasteiger partial charge in [0, 0.05) is 5.56 Å². The summed E-state index contributed by atoms with van der Waals surface area (Å²) >= 11 is 6.51. The third-order valence-electron chi connectivity index (χ3n) is 4.79. The number of rotatable bonds is 2. The number of hydrogen-bond donors (Lipinski definition) is 1. The number of hydrogen-bond acceptors (Lipinski definition) is 2. The predicted molar refractivity (Wildman–Crippen MR) is 99.3 cm³/mol. The summed E-state index contributed by atoms with van der Waals surface area (Å²) in [6.07, 6.45) is -1.15. The van der Waals surface area contributed by atoms with Crippen molar-refractivity contribution in [2.24, 2.45) is 0 Å². The molecular formula is C20H17ClF3N3. The van der Waals surface area contributed by atoms with Crippen molar-refractivity contribution < 1.29 is 13.2 Å². The van der Waals surface area contributed by atoms with E-state index in [1.54, 1.807) is 23.0 Å². The summed E-state index contributed by atoms with van der Waals surface area (Å²) in [6, 6.07) is 10.8. The average Bonchev–Trinajstić information content (AvgIpc) is 2.99. The maximum Gasteiger partial charge on any atom is 0.416 e. The van der Waals surface area contributed by atoms with Crippen LogP contribution in [0.3, 0.4) is 0 Å². The first-order valence-electron chi connectivity index (χ1n) is 8.68. The Morgan fingerprint density at radius 1 is 1.04 bits per heavy atom. The maximum atomic E-state index is 13.1. The molecule has 1 aliphatic rings. The molecule has 3 aromatic rings. The van der Waals surface area contributed by atoms with Gasteiger partial charge in [-0.2, -0.15) is 18.3 Å². The highest BCUT2D eigenvalue weighted by molar-refractivity contribution is 6.32. The molecule has 0 fully saturated rings. The second kappa shape index (κ2) is 7.02. The van der Waals surface area contributed by atoms with Crippen LogP contribution in [0.1, 0.15) is 16.7 Å². The topological polar surface area (TPSA) is 29.9 Å². The molecule has 1 aromatic heterocycles. The average molecular weight is 392 g/mol. The first kappa shape index (κ1) is 18.1. The fourth-order valence-electron chi connectivity index (χ4n) is 3.51. The fourth-order valence-corrected chi connectivity index (χ4v) is 3.77. The van der Waals surface area contributed by atoms with E-state index in [2.05, 4.69) is 10.4 Å². The Morgan fingerprint density at radius 2 is 1.85 bits per heavy atom. The van der Waals surface area contributed by atoms with Crippen LogP contribution in [0.25, 0.3) is 16.9 Å². The van der Waals surface area contributed by atoms with Crippen molar-refractivity contribution in [3.63, 3.8) is 0 Å². The van der Waals surface area contributed by atoms with Gasteiger partial charge in [-0.05, 0) is 61.3 Å². The number of halogens is 4. The molecule has 0 aliphatic carbocycles. The number of nitrogens with one attached hydrogen (secondary N) is 1. The van der Waals surface area contributed by atoms with Crippen molar-refractivity contribution in [3.05, 3.63) is 70.4 Å². The van der Waals surface area contributed by atoms with Crippen molar-refractivity contribution in [1.82, 2.24) is 15.1 Å². The van der Waals surface area contributed by atoms with Gasteiger partial charge >= 0.3 is 6.18 Å². The zero-order valence-corrected chi connectivity index (χ0v) is 15.1. The normalized spacial score (nSPS) is 14.7. The molecule has 4 rings (SSSR count). The fraction of sp³-hybridized carbons (Fsp3) is 0.250. The lowest BCUT2D eigenvalue weighted by atomic mass is 10.0. The molecule has 2 heterocycles. The van der Waals surface area contributed by atoms with Crippen LogP contribution >= 0.6 is 11.6 Å². The summed E-state index contributed by atoms with van der Waals surface area (Å²) in [5.74, 6) is 0. The van der Waals surface area contributed by atoms with Crippen LogP contribution in [0.5, 0.6) is 0 Å². The van der Waals surface area contributed by atoms with Crippen molar-refractivity contribution in [2.75, 3.05) is 13.1 Å². The van der Waals surface area contributed by atoms with E-state index >= 15 is 0 Å². The molecule has 0 saturated heterocycles. The molecule has 0 atom stereocenters. The van der Waals surface area contributed by atoms with Crippen LogP contribution in [-0.4, -0.2) is 22.9 Å². The smallest absolute Gasteiger partial charge is 0.316 e. The Morgan fingerprint density at radius 3 is 2.67 bits per heavy atom. The van der Waals surface area contributed by atoms with Crippen LogP contribution < -0.4 is 5.32 Å². The summed E-state index contributed by atoms with van der Waals surface area (Å²) in [4.78, 5) is 0. The molecule has 0 spiro atoms. The number of fused-ring (bicyclic) bond motifs is 1. The zero-order chi connectivity index (χ0) is 19.0. The molecular weight excluding hydrogens is 375 g/mol. The van der Waals surface area contributed by atoms with Gasteiger partial charge in [0.2, 0.25) is 0 Å². The summed E-state index contributed by atoms with van der Waals surface area (Å²) in [7, 11) is 0. The van der Waals surface area contributed by atoms with E-state index in [0.717, 1.165) is 49.3 Å². The molecule has 0 bridgehead atoms. The van der Waals surface area contributed by atoms with E-state index in [9.17, 15) is 13.2 Å². The number of nitrogens with zero attached hydrogens (tertiary/aromatic N) is 2. The van der Waals surface area contributed by atoms with Crippen LogP contribution in [0.2, 0.25) is 5.02 Å². The van der Waals surface area contributed by atoms with Gasteiger partial charge < -0.3 is 5.32 Å². The summed E-state index contributed by atoms with van der Waals surface area (Å²) < 4.78 is 41.0. The highest BCUT2D eigenvalue weighted by Crippen LogP contribution is 2.35. The van der Waals surface area contributed by atoms with Gasteiger partial charge in [-0.1, -0.05) is 29.8 Å². The van der Waals surface area contributed by atoms with E-state index in [-0.39, 0.29) is 0 Å². The zero-order valence-electron chi connectivity index (χ0n) is 14.4. The highest BCUT2D eigenvalue weighted by Gasteiger charge is 2.30. The molecule has 7 heteroatoms. The second-order valence-electron chi connectivity index (χ2n) is 6.49. The van der Waals surface area contributed by atoms with Crippen LogP contribution in [0.4, 0.5) is 13.2 Å². The molecule has 0 saturated carbocycles. The third-order valence-corrected chi connectivity index (χ3v) is 5.10. The molecule has 1 aliphatic heterocycles. The minimum atomic E-state index is -4.39. The van der Waals surface area contributed by atoms with Gasteiger partial charge in [0.25, 0.3) is 0 Å². The van der Waals surface area contributed by atoms with E-state index in [4.69, 9.17) is 11.6 Å². The minimum Gasteiger partial charge on any atom is -0.316 e. The van der Waals surface area contributed by atoms with Crippen LogP contribution in [-0.2, 0) is 19.0 Å². The van der Waals surface area contributed by atoms with Crippen molar-refractivity contribution in [2.45, 2.75) is 19.0 Å². The minimum absolute atomic E-state index is 0.447. The first-order chi connectivity index (χ1) is 12.9. The summed E-state index contributed by atoms with van der Waals surface area (Å²) in [5, 5.41) is 8.28. The first-order valence-corrected chi connectivity index (χ1v) is 9.06. The number of alkyl halides is 3. The van der Waals surface area contributed by atoms with Crippen LogP contribution in [0.15, 0.2) is 48.7 Å². The molecule has 0 radical (unpaired) electrons. The van der Waals surface area contributed by atoms with E-state index < -0.39 is 11.7 Å². The molecule has 0 amide bonds. The SMILES string of the molecule is FC(F)(F)c1cccc(-c2ccnn2-c2c(Cl)ccc3c2CCNCC3)c1. The molecule has 0 unspecified atom stereocenters. The highest BCUT2D eigenvalue weighted by atomic mass is 35.5. The van der Waals surface area contributed by atoms with Crippen molar-refractivity contribution in [3.8, 4) is 16.9 Å². The molecule has 1 N–H and O–H groups in total. The lowest BCUT2D eigenvalue weighted by Crippen LogP contribution is -2.16. The van der Waals surface area contributed by atoms with Gasteiger partial charge in [0.15, 0.2) is 0 Å². The lowest BCUT2D eigenvalue weighted by molar-refractivity contribution is -0.137. The molecule has 3 nitrogen and oxygen atoms in total. The van der Waals surface area contributed by atoms with Gasteiger partial charge in [-0.3, -0.25) is 0 Å². The summed E-state index contributed by atoms with van der Waals surface area (Å²) in [5.41, 5.74) is 3.36. The molecule has 27 heavy (non-hydrogen) atoms. The van der Waals surface area contributed by atoms with E-state index in [1.807, 2.05) is 12.1 Å². The largest absolute Gasteiger partial charge is 0.416 e. The van der Waals surface area contributed by atoms with Gasteiger partial charge in [-0.15, -0.1) is 0 Å². The second-order valence-corrected chi connectivity index (χ2v) is 6.90. The van der Waals surface area contributed by atoms with Crippen LogP contribution in [0, 0.1) is 0 Å². The number of benzene rings is 2. The van der Waals surface area contributed by atoms with Gasteiger partial charge in [-0.25, -0.2) is 4.68 Å². The Bertz CT molecular complexity index is 979. The summed E-state index contributed by atoms with van der Waals surface area (Å²) in [6.45, 7) is 1.70. The Hall–Kier alpha value is -2.31. The Labute approximate surface area is 159 Å². The van der Waals surface area contributed by atoms with E-state index in [1.165, 1.54) is 11.6 Å². The Balaban J connectivity index is 1.87. The molecule has 2 aromatic carbocycles. The maximum absolute atomic E-state index is 13.1. The van der Waals surface area contributed by atoms with Gasteiger partial charge in [0.05, 0.1) is 28.2 Å².